The van der Waals surface area contributed by atoms with Crippen LogP contribution in [-0.2, 0) is 14.3 Å². The number of carbonyl (C=O) groups is 1. The fraction of sp³-hybridized carbons (Fsp3) is 0.364. The molecule has 0 aromatic heterocycles. The Balaban J connectivity index is 3.13. The molecule has 0 aliphatic heterocycles. The number of hydrogen-bond donors (Lipinski definition) is 1. The number of non-ortho nitro benzene ring substituents is 1. The molecule has 0 aliphatic carbocycles. The lowest BCUT2D eigenvalue weighted by Crippen LogP contribution is -2.35. The van der Waals surface area contributed by atoms with E-state index in [-0.39, 0.29) is 12.3 Å². The quantitative estimate of drug-likeness (QED) is 0.449. The van der Waals surface area contributed by atoms with Crippen LogP contribution in [0.4, 0.5) is 17.1 Å². The van der Waals surface area contributed by atoms with Crippen molar-refractivity contribution in [2.75, 3.05) is 26.1 Å². The third-order valence-electron chi connectivity index (χ3n) is 2.54. The van der Waals surface area contributed by atoms with Crippen molar-refractivity contribution in [1.29, 1.82) is 0 Å². The maximum atomic E-state index is 11.5. The Hall–Kier alpha value is -2.75. The number of esters is 1. The monoisotopic (exact) mass is 299 g/mol. The molecular formula is C11H13N3O7. The molecule has 0 spiro atoms. The van der Waals surface area contributed by atoms with Crippen LogP contribution in [0.25, 0.3) is 0 Å². The van der Waals surface area contributed by atoms with Gasteiger partial charge in [-0.1, -0.05) is 0 Å². The third kappa shape index (κ3) is 4.11. The van der Waals surface area contributed by atoms with Gasteiger partial charge in [0.25, 0.3) is 11.4 Å². The SMILES string of the molecule is COC[C@@H](Nc1ccc([N+](=O)[O-])cc1[N+](=O)[O-])C(=O)OC. The van der Waals surface area contributed by atoms with Crippen LogP contribution >= 0.6 is 0 Å². The second kappa shape index (κ2) is 7.14. The number of nitrogens with zero attached hydrogens (tertiary/aromatic N) is 2. The third-order valence-corrected chi connectivity index (χ3v) is 2.54. The number of benzene rings is 1. The first-order valence-corrected chi connectivity index (χ1v) is 5.66. The van der Waals surface area contributed by atoms with E-state index in [1.54, 1.807) is 0 Å². The van der Waals surface area contributed by atoms with Crippen molar-refractivity contribution in [2.45, 2.75) is 6.04 Å². The van der Waals surface area contributed by atoms with Crippen LogP contribution < -0.4 is 5.32 Å². The Labute approximate surface area is 119 Å². The van der Waals surface area contributed by atoms with Crippen LogP contribution in [0.1, 0.15) is 0 Å². The molecule has 10 nitrogen and oxygen atoms in total. The molecule has 1 atom stereocenters. The first kappa shape index (κ1) is 16.3. The predicted octanol–water partition coefficient (Wildman–Crippen LogP) is 1.10. The lowest BCUT2D eigenvalue weighted by molar-refractivity contribution is -0.393. The topological polar surface area (TPSA) is 134 Å². The number of carbonyl (C=O) groups excluding carboxylic acids is 1. The normalized spacial score (nSPS) is 11.5. The molecular weight excluding hydrogens is 286 g/mol. The Bertz CT molecular complexity index is 561. The minimum atomic E-state index is -0.972. The molecule has 0 heterocycles. The highest BCUT2D eigenvalue weighted by Crippen LogP contribution is 2.29. The van der Waals surface area contributed by atoms with E-state index in [9.17, 15) is 25.0 Å². The van der Waals surface area contributed by atoms with E-state index in [0.29, 0.717) is 0 Å². The highest BCUT2D eigenvalue weighted by atomic mass is 16.6. The van der Waals surface area contributed by atoms with Gasteiger partial charge in [-0.05, 0) is 6.07 Å². The van der Waals surface area contributed by atoms with Gasteiger partial charge in [0.1, 0.15) is 11.7 Å². The van der Waals surface area contributed by atoms with Crippen molar-refractivity contribution < 1.29 is 24.1 Å². The van der Waals surface area contributed by atoms with Gasteiger partial charge in [-0.3, -0.25) is 20.2 Å². The number of nitro benzene ring substituents is 2. The molecule has 0 unspecified atom stereocenters. The van der Waals surface area contributed by atoms with Gasteiger partial charge >= 0.3 is 5.97 Å². The molecule has 1 aromatic carbocycles. The summed E-state index contributed by atoms with van der Waals surface area (Å²) >= 11 is 0. The largest absolute Gasteiger partial charge is 0.467 e. The standard InChI is InChI=1S/C11H13N3O7/c1-20-6-9(11(15)21-2)12-8-4-3-7(13(16)17)5-10(8)14(18)19/h3-5,9,12H,6H2,1-2H3/t9-/m1/s1. The minimum Gasteiger partial charge on any atom is -0.467 e. The zero-order valence-corrected chi connectivity index (χ0v) is 11.3. The molecule has 0 radical (unpaired) electrons. The Morgan fingerprint density at radius 1 is 1.29 bits per heavy atom. The summed E-state index contributed by atoms with van der Waals surface area (Å²) < 4.78 is 9.36. The van der Waals surface area contributed by atoms with Crippen LogP contribution in [0.15, 0.2) is 18.2 Å². The fourth-order valence-electron chi connectivity index (χ4n) is 1.57. The number of rotatable bonds is 7. The Kier molecular flexibility index (Phi) is 5.55. The minimum absolute atomic E-state index is 0.0435. The maximum Gasteiger partial charge on any atom is 0.330 e. The summed E-state index contributed by atoms with van der Waals surface area (Å²) in [7, 11) is 2.51. The Morgan fingerprint density at radius 3 is 2.43 bits per heavy atom. The molecule has 0 aliphatic rings. The number of ether oxygens (including phenoxy) is 2. The van der Waals surface area contributed by atoms with Gasteiger partial charge in [-0.25, -0.2) is 4.79 Å². The summed E-state index contributed by atoms with van der Waals surface area (Å²) in [5, 5.41) is 24.2. The van der Waals surface area contributed by atoms with Gasteiger partial charge in [0, 0.05) is 13.2 Å². The van der Waals surface area contributed by atoms with E-state index in [1.807, 2.05) is 0 Å². The van der Waals surface area contributed by atoms with E-state index in [2.05, 4.69) is 10.1 Å². The second-order valence-corrected chi connectivity index (χ2v) is 3.89. The number of nitrogens with one attached hydrogen (secondary N) is 1. The zero-order valence-electron chi connectivity index (χ0n) is 11.3. The Morgan fingerprint density at radius 2 is 1.95 bits per heavy atom. The summed E-state index contributed by atoms with van der Waals surface area (Å²) in [6.45, 7) is -0.0825. The van der Waals surface area contributed by atoms with Crippen molar-refractivity contribution in [3.8, 4) is 0 Å². The summed E-state index contributed by atoms with van der Waals surface area (Å²) in [6.07, 6.45) is 0. The van der Waals surface area contributed by atoms with Crippen LogP contribution in [0.5, 0.6) is 0 Å². The highest BCUT2D eigenvalue weighted by molar-refractivity contribution is 5.81. The molecule has 114 valence electrons. The van der Waals surface area contributed by atoms with E-state index >= 15 is 0 Å². The van der Waals surface area contributed by atoms with Crippen LogP contribution in [0.2, 0.25) is 0 Å². The molecule has 0 bridgehead atoms. The molecule has 10 heteroatoms. The molecule has 0 amide bonds. The second-order valence-electron chi connectivity index (χ2n) is 3.89. The highest BCUT2D eigenvalue weighted by Gasteiger charge is 2.25. The fourth-order valence-corrected chi connectivity index (χ4v) is 1.57. The van der Waals surface area contributed by atoms with Crippen molar-refractivity contribution in [1.82, 2.24) is 0 Å². The number of methoxy groups -OCH3 is 2. The summed E-state index contributed by atoms with van der Waals surface area (Å²) in [5.41, 5.74) is -0.985. The molecule has 21 heavy (non-hydrogen) atoms. The molecule has 0 saturated heterocycles. The van der Waals surface area contributed by atoms with Gasteiger partial charge in [-0.15, -0.1) is 0 Å². The van der Waals surface area contributed by atoms with Gasteiger partial charge in [-0.2, -0.15) is 0 Å². The van der Waals surface area contributed by atoms with Crippen LogP contribution in [-0.4, -0.2) is 42.7 Å². The molecule has 1 rings (SSSR count). The smallest absolute Gasteiger partial charge is 0.330 e. The zero-order chi connectivity index (χ0) is 16.0. The maximum absolute atomic E-state index is 11.5. The lowest BCUT2D eigenvalue weighted by Gasteiger charge is -2.16. The van der Waals surface area contributed by atoms with Crippen molar-refractivity contribution in [2.24, 2.45) is 0 Å². The van der Waals surface area contributed by atoms with Gasteiger partial charge in [0.05, 0.1) is 29.6 Å². The van der Waals surface area contributed by atoms with Gasteiger partial charge < -0.3 is 14.8 Å². The van der Waals surface area contributed by atoms with Crippen LogP contribution in [0, 0.1) is 20.2 Å². The average Bonchev–Trinajstić information content (AvgIpc) is 2.45. The van der Waals surface area contributed by atoms with Crippen molar-refractivity contribution in [3.63, 3.8) is 0 Å². The van der Waals surface area contributed by atoms with Crippen LogP contribution in [0.3, 0.4) is 0 Å². The first-order valence-electron chi connectivity index (χ1n) is 5.66. The number of anilines is 1. The summed E-state index contributed by atoms with van der Waals surface area (Å²) in [5.74, 6) is -0.676. The molecule has 1 aromatic rings. The summed E-state index contributed by atoms with van der Waals surface area (Å²) in [6, 6.07) is 2.09. The number of hydrogen-bond acceptors (Lipinski definition) is 8. The summed E-state index contributed by atoms with van der Waals surface area (Å²) in [4.78, 5) is 31.6. The number of nitro groups is 2. The predicted molar refractivity (Wildman–Crippen MR) is 71.1 cm³/mol. The average molecular weight is 299 g/mol. The van der Waals surface area contributed by atoms with E-state index in [0.717, 1.165) is 25.3 Å². The molecule has 0 fully saturated rings. The van der Waals surface area contributed by atoms with E-state index in [4.69, 9.17) is 4.74 Å². The van der Waals surface area contributed by atoms with Gasteiger partial charge in [0.2, 0.25) is 0 Å². The van der Waals surface area contributed by atoms with Crippen molar-refractivity contribution in [3.05, 3.63) is 38.4 Å². The first-order chi connectivity index (χ1) is 9.90. The van der Waals surface area contributed by atoms with E-state index in [1.165, 1.54) is 7.11 Å². The van der Waals surface area contributed by atoms with Crippen molar-refractivity contribution >= 4 is 23.0 Å². The lowest BCUT2D eigenvalue weighted by atomic mass is 10.2. The van der Waals surface area contributed by atoms with E-state index < -0.39 is 33.2 Å². The molecule has 0 saturated carbocycles. The molecule has 1 N–H and O–H groups in total. The van der Waals surface area contributed by atoms with Gasteiger partial charge in [0.15, 0.2) is 0 Å².